The van der Waals surface area contributed by atoms with E-state index in [-0.39, 0.29) is 11.7 Å². The van der Waals surface area contributed by atoms with Gasteiger partial charge >= 0.3 is 0 Å². The summed E-state index contributed by atoms with van der Waals surface area (Å²) in [5.41, 5.74) is 0.963. The Morgan fingerprint density at radius 2 is 2.25 bits per heavy atom. The van der Waals surface area contributed by atoms with Crippen molar-refractivity contribution in [3.63, 3.8) is 0 Å². The van der Waals surface area contributed by atoms with Gasteiger partial charge in [-0.2, -0.15) is 0 Å². The molecule has 106 valence electrons. The van der Waals surface area contributed by atoms with Crippen molar-refractivity contribution in [2.75, 3.05) is 14.1 Å². The van der Waals surface area contributed by atoms with Crippen LogP contribution in [0.2, 0.25) is 0 Å². The van der Waals surface area contributed by atoms with Gasteiger partial charge in [-0.15, -0.1) is 23.1 Å². The Morgan fingerprint density at radius 3 is 2.95 bits per heavy atom. The van der Waals surface area contributed by atoms with Crippen molar-refractivity contribution in [2.24, 2.45) is 0 Å². The minimum Gasteiger partial charge on any atom is -0.508 e. The van der Waals surface area contributed by atoms with Crippen LogP contribution in [0.25, 0.3) is 0 Å². The summed E-state index contributed by atoms with van der Waals surface area (Å²) in [5.74, 6) is 1.06. The number of hydrogen-bond donors (Lipinski definition) is 1. The fourth-order valence-corrected chi connectivity index (χ4v) is 3.25. The van der Waals surface area contributed by atoms with Gasteiger partial charge in [-0.3, -0.25) is 4.79 Å². The van der Waals surface area contributed by atoms with Crippen LogP contribution in [0.5, 0.6) is 5.75 Å². The normalized spacial score (nSPS) is 10.5. The number of phenols is 1. The maximum atomic E-state index is 11.6. The molecule has 0 bridgehead atoms. The fourth-order valence-electron chi connectivity index (χ4n) is 1.51. The minimum absolute atomic E-state index is 0.0616. The van der Waals surface area contributed by atoms with Gasteiger partial charge in [0.2, 0.25) is 5.91 Å². The average Bonchev–Trinajstić information content (AvgIpc) is 2.84. The number of aromatic hydroxyl groups is 1. The van der Waals surface area contributed by atoms with Crippen molar-refractivity contribution >= 4 is 29.0 Å². The number of aromatic nitrogens is 1. The van der Waals surface area contributed by atoms with E-state index in [9.17, 15) is 9.90 Å². The van der Waals surface area contributed by atoms with Gasteiger partial charge in [-0.05, 0) is 18.2 Å². The van der Waals surface area contributed by atoms with Crippen molar-refractivity contribution in [2.45, 2.75) is 17.1 Å². The van der Waals surface area contributed by atoms with Crippen molar-refractivity contribution in [3.05, 3.63) is 40.3 Å². The Balaban J connectivity index is 1.91. The predicted octanol–water partition coefficient (Wildman–Crippen LogP) is 2.77. The Kier molecular flexibility index (Phi) is 5.03. The smallest absolute Gasteiger partial charge is 0.228 e. The van der Waals surface area contributed by atoms with E-state index in [1.54, 1.807) is 42.9 Å². The number of rotatable bonds is 5. The number of benzene rings is 1. The third-order valence-electron chi connectivity index (χ3n) is 2.60. The summed E-state index contributed by atoms with van der Waals surface area (Å²) in [6.07, 6.45) is 0.356. The first-order chi connectivity index (χ1) is 9.54. The van der Waals surface area contributed by atoms with Gasteiger partial charge in [0, 0.05) is 30.1 Å². The van der Waals surface area contributed by atoms with Crippen molar-refractivity contribution in [1.82, 2.24) is 9.88 Å². The van der Waals surface area contributed by atoms with Crippen molar-refractivity contribution < 1.29 is 9.90 Å². The number of carbonyl (C=O) groups is 1. The van der Waals surface area contributed by atoms with E-state index in [0.29, 0.717) is 6.42 Å². The lowest BCUT2D eigenvalue weighted by Gasteiger charge is -2.07. The lowest BCUT2D eigenvalue weighted by molar-refractivity contribution is -0.127. The second kappa shape index (κ2) is 6.76. The van der Waals surface area contributed by atoms with Crippen LogP contribution in [0.1, 0.15) is 10.7 Å². The molecule has 0 aliphatic rings. The largest absolute Gasteiger partial charge is 0.508 e. The highest BCUT2D eigenvalue weighted by molar-refractivity contribution is 7.98. The van der Waals surface area contributed by atoms with Gasteiger partial charge in [0.1, 0.15) is 10.8 Å². The lowest BCUT2D eigenvalue weighted by atomic mass is 10.3. The topological polar surface area (TPSA) is 53.4 Å². The molecule has 1 heterocycles. The molecule has 0 saturated heterocycles. The maximum Gasteiger partial charge on any atom is 0.228 e. The summed E-state index contributed by atoms with van der Waals surface area (Å²) in [5, 5.41) is 12.2. The van der Waals surface area contributed by atoms with E-state index < -0.39 is 0 Å². The van der Waals surface area contributed by atoms with Crippen LogP contribution in [-0.2, 0) is 17.0 Å². The minimum atomic E-state index is 0.0616. The molecule has 2 rings (SSSR count). The third kappa shape index (κ3) is 4.25. The lowest BCUT2D eigenvalue weighted by Crippen LogP contribution is -2.23. The Bertz CT molecular complexity index is 596. The Morgan fingerprint density at radius 1 is 1.45 bits per heavy atom. The van der Waals surface area contributed by atoms with E-state index in [0.717, 1.165) is 21.3 Å². The molecular formula is C14H16N2O2S2. The molecule has 0 aliphatic heterocycles. The van der Waals surface area contributed by atoms with Crippen LogP contribution in [0, 0.1) is 0 Å². The summed E-state index contributed by atoms with van der Waals surface area (Å²) < 4.78 is 0. The van der Waals surface area contributed by atoms with Gasteiger partial charge in [-0.25, -0.2) is 4.98 Å². The van der Waals surface area contributed by atoms with Crippen LogP contribution in [0.15, 0.2) is 34.5 Å². The zero-order valence-corrected chi connectivity index (χ0v) is 13.0. The molecule has 0 saturated carbocycles. The molecule has 1 aromatic heterocycles. The Labute approximate surface area is 126 Å². The molecule has 1 amide bonds. The Hall–Kier alpha value is -1.53. The first-order valence-corrected chi connectivity index (χ1v) is 7.96. The molecule has 1 aromatic carbocycles. The zero-order valence-electron chi connectivity index (χ0n) is 11.4. The molecule has 1 N–H and O–H groups in total. The van der Waals surface area contributed by atoms with E-state index in [1.807, 2.05) is 17.5 Å². The number of phenolic OH excluding ortho intramolecular Hbond substituents is 1. The SMILES string of the molecule is CN(C)C(=O)Cc1nc(CSc2cccc(O)c2)cs1. The number of thiazole rings is 1. The molecule has 2 aromatic rings. The van der Waals surface area contributed by atoms with E-state index in [2.05, 4.69) is 4.98 Å². The third-order valence-corrected chi connectivity index (χ3v) is 4.53. The average molecular weight is 308 g/mol. The highest BCUT2D eigenvalue weighted by Gasteiger charge is 2.09. The zero-order chi connectivity index (χ0) is 14.5. The quantitative estimate of drug-likeness (QED) is 0.863. The molecule has 0 unspecified atom stereocenters. The first kappa shape index (κ1) is 14.9. The summed E-state index contributed by atoms with van der Waals surface area (Å²) >= 11 is 3.13. The molecule has 0 atom stereocenters. The number of nitrogens with zero attached hydrogens (tertiary/aromatic N) is 2. The van der Waals surface area contributed by atoms with Gasteiger partial charge in [0.15, 0.2) is 0 Å². The fraction of sp³-hybridized carbons (Fsp3) is 0.286. The van der Waals surface area contributed by atoms with Crippen molar-refractivity contribution in [1.29, 1.82) is 0 Å². The first-order valence-electron chi connectivity index (χ1n) is 6.10. The van der Waals surface area contributed by atoms with Gasteiger partial charge in [-0.1, -0.05) is 6.07 Å². The number of likely N-dealkylation sites (N-methyl/N-ethyl adjacent to an activating group) is 1. The number of amides is 1. The molecule has 6 heteroatoms. The molecule has 20 heavy (non-hydrogen) atoms. The second-order valence-electron chi connectivity index (χ2n) is 4.48. The van der Waals surface area contributed by atoms with Crippen LogP contribution in [0.4, 0.5) is 0 Å². The highest BCUT2D eigenvalue weighted by Crippen LogP contribution is 2.26. The van der Waals surface area contributed by atoms with Crippen LogP contribution < -0.4 is 0 Å². The maximum absolute atomic E-state index is 11.6. The van der Waals surface area contributed by atoms with Crippen molar-refractivity contribution in [3.8, 4) is 5.75 Å². The molecule has 0 fully saturated rings. The second-order valence-corrected chi connectivity index (χ2v) is 6.47. The van der Waals surface area contributed by atoms with Crippen LogP contribution >= 0.6 is 23.1 Å². The van der Waals surface area contributed by atoms with Crippen LogP contribution in [-0.4, -0.2) is 35.0 Å². The predicted molar refractivity (Wildman–Crippen MR) is 82.2 cm³/mol. The van der Waals surface area contributed by atoms with E-state index in [1.165, 1.54) is 11.3 Å². The molecule has 0 aliphatic carbocycles. The highest BCUT2D eigenvalue weighted by atomic mass is 32.2. The number of thioether (sulfide) groups is 1. The molecule has 4 nitrogen and oxygen atoms in total. The number of carbonyl (C=O) groups excluding carboxylic acids is 1. The molecular weight excluding hydrogens is 292 g/mol. The summed E-state index contributed by atoms with van der Waals surface area (Å²) in [6.45, 7) is 0. The van der Waals surface area contributed by atoms with Gasteiger partial charge in [0.05, 0.1) is 12.1 Å². The van der Waals surface area contributed by atoms with Gasteiger partial charge < -0.3 is 10.0 Å². The molecule has 0 radical (unpaired) electrons. The number of hydrogen-bond acceptors (Lipinski definition) is 5. The summed E-state index contributed by atoms with van der Waals surface area (Å²) in [7, 11) is 3.49. The van der Waals surface area contributed by atoms with Gasteiger partial charge in [0.25, 0.3) is 0 Å². The van der Waals surface area contributed by atoms with E-state index in [4.69, 9.17) is 0 Å². The monoisotopic (exact) mass is 308 g/mol. The molecule has 0 spiro atoms. The summed E-state index contributed by atoms with van der Waals surface area (Å²) in [4.78, 5) is 18.6. The van der Waals surface area contributed by atoms with E-state index >= 15 is 0 Å². The van der Waals surface area contributed by atoms with Crippen LogP contribution in [0.3, 0.4) is 0 Å². The standard InChI is InChI=1S/C14H16N2O2S2/c1-16(2)14(18)7-13-15-10(9-20-13)8-19-12-5-3-4-11(17)6-12/h3-6,9,17H,7-8H2,1-2H3. The summed E-state index contributed by atoms with van der Waals surface area (Å²) in [6, 6.07) is 7.15.